The number of carbonyl (C=O) groups is 1. The van der Waals surface area contributed by atoms with Crippen molar-refractivity contribution in [2.45, 2.75) is 39.7 Å². The van der Waals surface area contributed by atoms with Crippen LogP contribution in [0.4, 0.5) is 0 Å². The van der Waals surface area contributed by atoms with Gasteiger partial charge in [-0.25, -0.2) is 0 Å². The fourth-order valence-electron chi connectivity index (χ4n) is 2.86. The Kier molecular flexibility index (Phi) is 1.51. The van der Waals surface area contributed by atoms with E-state index in [9.17, 15) is 4.79 Å². The van der Waals surface area contributed by atoms with E-state index in [4.69, 9.17) is 0 Å². The summed E-state index contributed by atoms with van der Waals surface area (Å²) in [6, 6.07) is 0.444. The maximum absolute atomic E-state index is 11.3. The Balaban J connectivity index is 2.23. The Morgan fingerprint density at radius 3 is 2.75 bits per heavy atom. The van der Waals surface area contributed by atoms with Crippen LogP contribution in [0.1, 0.15) is 33.6 Å². The number of carbonyl (C=O) groups excluding carboxylic acids is 1. The van der Waals surface area contributed by atoms with Gasteiger partial charge in [-0.1, -0.05) is 20.8 Å². The zero-order valence-electron chi connectivity index (χ0n) is 8.05. The van der Waals surface area contributed by atoms with Gasteiger partial charge in [-0.05, 0) is 23.7 Å². The van der Waals surface area contributed by atoms with Crippen LogP contribution in [0.15, 0.2) is 0 Å². The summed E-state index contributed by atoms with van der Waals surface area (Å²) in [6.45, 7) is 6.75. The molecule has 0 aromatic carbocycles. The molecule has 2 heteroatoms. The second kappa shape index (κ2) is 2.24. The van der Waals surface area contributed by atoms with Gasteiger partial charge in [0.05, 0.1) is 0 Å². The van der Waals surface area contributed by atoms with Gasteiger partial charge in [-0.2, -0.15) is 0 Å². The van der Waals surface area contributed by atoms with Gasteiger partial charge in [-0.15, -0.1) is 0 Å². The van der Waals surface area contributed by atoms with E-state index in [-0.39, 0.29) is 5.91 Å². The van der Waals surface area contributed by atoms with Crippen LogP contribution in [0, 0.1) is 17.3 Å². The number of hydrogen-bond acceptors (Lipinski definition) is 1. The van der Waals surface area contributed by atoms with Gasteiger partial charge in [0.15, 0.2) is 0 Å². The minimum atomic E-state index is 0.251. The van der Waals surface area contributed by atoms with E-state index in [1.54, 1.807) is 0 Å². The van der Waals surface area contributed by atoms with Crippen LogP contribution in [0.5, 0.6) is 0 Å². The summed E-state index contributed by atoms with van der Waals surface area (Å²) in [7, 11) is 0. The molecule has 2 saturated heterocycles. The zero-order valence-corrected chi connectivity index (χ0v) is 8.05. The van der Waals surface area contributed by atoms with Crippen molar-refractivity contribution in [1.82, 2.24) is 5.32 Å². The second-order valence-electron chi connectivity index (χ2n) is 4.97. The van der Waals surface area contributed by atoms with Crippen molar-refractivity contribution in [2.75, 3.05) is 0 Å². The average molecular weight is 167 g/mol. The number of fused-ring (bicyclic) bond motifs is 3. The Bertz CT molecular complexity index is 222. The molecule has 0 spiro atoms. The Morgan fingerprint density at radius 2 is 2.17 bits per heavy atom. The van der Waals surface area contributed by atoms with Gasteiger partial charge >= 0.3 is 0 Å². The van der Waals surface area contributed by atoms with Crippen LogP contribution >= 0.6 is 0 Å². The van der Waals surface area contributed by atoms with Crippen molar-refractivity contribution < 1.29 is 4.79 Å². The van der Waals surface area contributed by atoms with Crippen LogP contribution in [0.3, 0.4) is 0 Å². The third-order valence-electron chi connectivity index (χ3n) is 3.87. The van der Waals surface area contributed by atoms with Crippen molar-refractivity contribution in [3.8, 4) is 0 Å². The fourth-order valence-corrected chi connectivity index (χ4v) is 2.86. The number of rotatable bonds is 0. The van der Waals surface area contributed by atoms with Crippen LogP contribution in [-0.2, 0) is 4.79 Å². The molecule has 3 atom stereocenters. The molecule has 68 valence electrons. The first kappa shape index (κ1) is 8.09. The first-order chi connectivity index (χ1) is 5.51. The second-order valence-corrected chi connectivity index (χ2v) is 4.97. The van der Waals surface area contributed by atoms with Crippen molar-refractivity contribution in [2.24, 2.45) is 17.3 Å². The molecule has 3 fully saturated rings. The third-order valence-corrected chi connectivity index (χ3v) is 3.87. The van der Waals surface area contributed by atoms with Gasteiger partial charge in [0.1, 0.15) is 0 Å². The Hall–Kier alpha value is -0.530. The maximum Gasteiger partial charge on any atom is 0.220 e. The summed E-state index contributed by atoms with van der Waals surface area (Å²) in [4.78, 5) is 11.3. The topological polar surface area (TPSA) is 29.1 Å². The minimum Gasteiger partial charge on any atom is -0.353 e. The average Bonchev–Trinajstić information content (AvgIpc) is 2.14. The van der Waals surface area contributed by atoms with Gasteiger partial charge in [0.2, 0.25) is 5.91 Å². The highest BCUT2D eigenvalue weighted by molar-refractivity contribution is 5.77. The Morgan fingerprint density at radius 1 is 1.50 bits per heavy atom. The standard InChI is InChI=1S/C10H17NO/c1-6-4-9(12)11-8-5-7(6)10(8,2)3/h6-8H,4-5H2,1-3H3,(H,11,12)/t6-,7+,8-/m1/s1. The van der Waals surface area contributed by atoms with Crippen LogP contribution in [0.25, 0.3) is 0 Å². The molecule has 3 rings (SSSR count). The summed E-state index contributed by atoms with van der Waals surface area (Å²) < 4.78 is 0. The van der Waals surface area contributed by atoms with Crippen LogP contribution in [0.2, 0.25) is 0 Å². The van der Waals surface area contributed by atoms with Gasteiger partial charge in [0, 0.05) is 12.5 Å². The molecule has 2 aliphatic heterocycles. The van der Waals surface area contributed by atoms with E-state index in [1.807, 2.05) is 0 Å². The molecule has 2 nitrogen and oxygen atoms in total. The zero-order chi connectivity index (χ0) is 8.93. The number of nitrogens with one attached hydrogen (secondary N) is 1. The first-order valence-corrected chi connectivity index (χ1v) is 4.81. The third kappa shape index (κ3) is 0.900. The van der Waals surface area contributed by atoms with Gasteiger partial charge in [-0.3, -0.25) is 4.79 Å². The van der Waals surface area contributed by atoms with Crippen LogP contribution in [-0.4, -0.2) is 11.9 Å². The van der Waals surface area contributed by atoms with Crippen molar-refractivity contribution in [3.05, 3.63) is 0 Å². The molecule has 1 amide bonds. The van der Waals surface area contributed by atoms with E-state index in [0.717, 1.165) is 12.3 Å². The van der Waals surface area contributed by atoms with Crippen molar-refractivity contribution >= 4 is 5.91 Å². The van der Waals surface area contributed by atoms with Crippen molar-refractivity contribution in [1.29, 1.82) is 0 Å². The van der Waals surface area contributed by atoms with E-state index in [1.165, 1.54) is 6.42 Å². The molecule has 1 saturated carbocycles. The first-order valence-electron chi connectivity index (χ1n) is 4.81. The van der Waals surface area contributed by atoms with Crippen molar-refractivity contribution in [3.63, 3.8) is 0 Å². The predicted molar refractivity (Wildman–Crippen MR) is 47.6 cm³/mol. The number of amides is 1. The van der Waals surface area contributed by atoms with Gasteiger partial charge in [0.25, 0.3) is 0 Å². The lowest BCUT2D eigenvalue weighted by Gasteiger charge is -2.52. The smallest absolute Gasteiger partial charge is 0.220 e. The molecule has 0 unspecified atom stereocenters. The Labute approximate surface area is 73.7 Å². The molecule has 0 radical (unpaired) electrons. The summed E-state index contributed by atoms with van der Waals surface area (Å²) >= 11 is 0. The fraction of sp³-hybridized carbons (Fsp3) is 0.900. The highest BCUT2D eigenvalue weighted by atomic mass is 16.1. The highest BCUT2D eigenvalue weighted by Gasteiger charge is 2.52. The normalized spacial score (nSPS) is 44.2. The summed E-state index contributed by atoms with van der Waals surface area (Å²) in [5.41, 5.74) is 0.339. The lowest BCUT2D eigenvalue weighted by atomic mass is 9.55. The SMILES string of the molecule is C[C@@H]1CC(=O)N[C@@H]2C[C@@H]1C2(C)C. The molecule has 1 aliphatic carbocycles. The monoisotopic (exact) mass is 167 g/mol. The summed E-state index contributed by atoms with van der Waals surface area (Å²) in [5.74, 6) is 1.57. The number of hydrogen-bond donors (Lipinski definition) is 1. The summed E-state index contributed by atoms with van der Waals surface area (Å²) in [6.07, 6.45) is 1.92. The highest BCUT2D eigenvalue weighted by Crippen LogP contribution is 2.52. The quantitative estimate of drug-likeness (QED) is 0.583. The largest absolute Gasteiger partial charge is 0.353 e. The van der Waals surface area contributed by atoms with Gasteiger partial charge < -0.3 is 5.32 Å². The lowest BCUT2D eigenvalue weighted by Crippen LogP contribution is -2.56. The van der Waals surface area contributed by atoms with E-state index < -0.39 is 0 Å². The maximum atomic E-state index is 11.3. The molecule has 0 aromatic rings. The van der Waals surface area contributed by atoms with E-state index in [0.29, 0.717) is 17.4 Å². The molecule has 2 heterocycles. The molecule has 12 heavy (non-hydrogen) atoms. The molecule has 3 aliphatic rings. The molecule has 2 bridgehead atoms. The molecular weight excluding hydrogens is 150 g/mol. The lowest BCUT2D eigenvalue weighted by molar-refractivity contribution is -0.122. The molecule has 0 aromatic heterocycles. The summed E-state index contributed by atoms with van der Waals surface area (Å²) in [5, 5.41) is 3.09. The predicted octanol–water partition coefficient (Wildman–Crippen LogP) is 1.56. The van der Waals surface area contributed by atoms with E-state index >= 15 is 0 Å². The molecule has 1 N–H and O–H groups in total. The minimum absolute atomic E-state index is 0.251. The van der Waals surface area contributed by atoms with E-state index in [2.05, 4.69) is 26.1 Å². The molecular formula is C10H17NO. The van der Waals surface area contributed by atoms with Crippen LogP contribution < -0.4 is 5.32 Å².